The van der Waals surface area contributed by atoms with Crippen LogP contribution in [0.5, 0.6) is 5.75 Å². The Hall–Kier alpha value is -6.46. The maximum atomic E-state index is 11.4. The van der Waals surface area contributed by atoms with Gasteiger partial charge in [0.15, 0.2) is 0 Å². The van der Waals surface area contributed by atoms with Gasteiger partial charge in [-0.15, -0.1) is 0 Å². The molecule has 0 aliphatic heterocycles. The van der Waals surface area contributed by atoms with Gasteiger partial charge in [0.2, 0.25) is 5.95 Å². The largest absolute Gasteiger partial charge is 0.493 e. The highest BCUT2D eigenvalue weighted by atomic mass is 32.2. The molecule has 0 saturated heterocycles. The third-order valence-electron chi connectivity index (χ3n) is 7.95. The molecule has 5 rings (SSSR count). The molecule has 0 fully saturated rings. The van der Waals surface area contributed by atoms with Crippen LogP contribution in [-0.2, 0) is 27.8 Å². The Morgan fingerprint density at radius 3 is 2.11 bits per heavy atom. The Bertz CT molecular complexity index is 2300. The number of carboxylic acids is 2. The van der Waals surface area contributed by atoms with Gasteiger partial charge in [-0.25, -0.2) is 9.78 Å². The Balaban J connectivity index is 1.45. The summed E-state index contributed by atoms with van der Waals surface area (Å²) in [5.74, 6) is -1.17. The topological polar surface area (TPSA) is 230 Å². The van der Waals surface area contributed by atoms with Crippen LogP contribution in [0.25, 0.3) is 0 Å². The van der Waals surface area contributed by atoms with E-state index in [4.69, 9.17) is 9.72 Å². The van der Waals surface area contributed by atoms with Crippen LogP contribution in [0.2, 0.25) is 0 Å². The van der Waals surface area contributed by atoms with Crippen LogP contribution < -0.4 is 9.64 Å². The average molecular weight is 767 g/mol. The summed E-state index contributed by atoms with van der Waals surface area (Å²) in [6.45, 7) is 1.90. The molecule has 16 nitrogen and oxygen atoms in total. The molecular formula is C38H38N8O8S. The fourth-order valence-electron chi connectivity index (χ4n) is 5.14. The monoisotopic (exact) mass is 766 g/mol. The van der Waals surface area contributed by atoms with E-state index in [1.54, 1.807) is 43.1 Å². The number of aryl methyl sites for hydroxylation is 1. The lowest BCUT2D eigenvalue weighted by atomic mass is 10.1. The minimum absolute atomic E-state index is 0.00578. The van der Waals surface area contributed by atoms with Gasteiger partial charge in [0.05, 0.1) is 47.1 Å². The molecular weight excluding hydrogens is 729 g/mol. The summed E-state index contributed by atoms with van der Waals surface area (Å²) < 4.78 is 37.9. The summed E-state index contributed by atoms with van der Waals surface area (Å²) in [5, 5.41) is 35.7. The summed E-state index contributed by atoms with van der Waals surface area (Å²) in [4.78, 5) is 38.5. The van der Waals surface area contributed by atoms with Gasteiger partial charge in [-0.05, 0) is 73.0 Å². The van der Waals surface area contributed by atoms with Crippen molar-refractivity contribution in [2.75, 3.05) is 30.9 Å². The van der Waals surface area contributed by atoms with E-state index in [0.717, 1.165) is 11.3 Å². The molecule has 5 aromatic rings. The van der Waals surface area contributed by atoms with Crippen LogP contribution in [-0.4, -0.2) is 76.0 Å². The molecule has 55 heavy (non-hydrogen) atoms. The van der Waals surface area contributed by atoms with Gasteiger partial charge in [0.1, 0.15) is 17.4 Å². The van der Waals surface area contributed by atoms with Crippen molar-refractivity contribution in [2.24, 2.45) is 20.5 Å². The summed E-state index contributed by atoms with van der Waals surface area (Å²) in [5.41, 5.74) is 4.38. The number of benzene rings is 4. The SMILES string of the molecule is Cc1cc(Cc2nc(Cc3ccc(N=Nc4ccccc4)cc3)nc(N(C)CCC(=O)O)n2)c(OCCCS(=O)(=O)O)cc1N=Nc1cccc(C(=O)O)c1. The predicted octanol–water partition coefficient (Wildman–Crippen LogP) is 7.46. The Labute approximate surface area is 317 Å². The van der Waals surface area contributed by atoms with E-state index >= 15 is 0 Å². The molecule has 1 heterocycles. The summed E-state index contributed by atoms with van der Waals surface area (Å²) >= 11 is 0. The molecule has 0 saturated carbocycles. The van der Waals surface area contributed by atoms with Crippen molar-refractivity contribution < 1.29 is 37.5 Å². The number of ether oxygens (including phenoxy) is 1. The fraction of sp³-hybridized carbons (Fsp3) is 0.237. The maximum Gasteiger partial charge on any atom is 0.335 e. The average Bonchev–Trinajstić information content (AvgIpc) is 3.15. The van der Waals surface area contributed by atoms with Gasteiger partial charge in [0, 0.05) is 38.1 Å². The van der Waals surface area contributed by atoms with Gasteiger partial charge in [-0.1, -0.05) is 36.4 Å². The summed E-state index contributed by atoms with van der Waals surface area (Å²) in [6.07, 6.45) is 0.335. The Kier molecular flexibility index (Phi) is 13.4. The second-order valence-corrected chi connectivity index (χ2v) is 14.0. The van der Waals surface area contributed by atoms with Gasteiger partial charge >= 0.3 is 11.9 Å². The number of hydrogen-bond donors (Lipinski definition) is 3. The van der Waals surface area contributed by atoms with Crippen LogP contribution in [0.15, 0.2) is 111 Å². The van der Waals surface area contributed by atoms with E-state index in [1.807, 2.05) is 54.6 Å². The van der Waals surface area contributed by atoms with Crippen molar-refractivity contribution in [3.8, 4) is 5.75 Å². The van der Waals surface area contributed by atoms with Gasteiger partial charge in [-0.2, -0.15) is 38.8 Å². The van der Waals surface area contributed by atoms with E-state index in [9.17, 15) is 32.8 Å². The minimum Gasteiger partial charge on any atom is -0.493 e. The molecule has 0 atom stereocenters. The molecule has 284 valence electrons. The quantitative estimate of drug-likeness (QED) is 0.0448. The van der Waals surface area contributed by atoms with E-state index in [2.05, 4.69) is 30.4 Å². The lowest BCUT2D eigenvalue weighted by Gasteiger charge is -2.18. The summed E-state index contributed by atoms with van der Waals surface area (Å²) in [6, 6.07) is 26.3. The number of carbonyl (C=O) groups is 2. The Morgan fingerprint density at radius 1 is 0.782 bits per heavy atom. The zero-order chi connectivity index (χ0) is 39.4. The van der Waals surface area contributed by atoms with Gasteiger partial charge < -0.3 is 19.8 Å². The first-order chi connectivity index (χ1) is 26.3. The molecule has 0 aliphatic rings. The molecule has 0 spiro atoms. The smallest absolute Gasteiger partial charge is 0.335 e. The van der Waals surface area contributed by atoms with Crippen LogP contribution >= 0.6 is 0 Å². The van der Waals surface area contributed by atoms with E-state index in [1.165, 1.54) is 12.1 Å². The van der Waals surface area contributed by atoms with Gasteiger partial charge in [0.25, 0.3) is 10.1 Å². The first-order valence-corrected chi connectivity index (χ1v) is 18.6. The number of anilines is 1. The third kappa shape index (κ3) is 12.6. The zero-order valence-corrected chi connectivity index (χ0v) is 30.8. The van der Waals surface area contributed by atoms with Crippen molar-refractivity contribution >= 4 is 50.8 Å². The minimum atomic E-state index is -4.21. The maximum absolute atomic E-state index is 11.4. The highest BCUT2D eigenvalue weighted by Crippen LogP contribution is 2.32. The fourth-order valence-corrected chi connectivity index (χ4v) is 5.63. The third-order valence-corrected chi connectivity index (χ3v) is 8.76. The molecule has 0 aliphatic carbocycles. The molecule has 0 bridgehead atoms. The van der Waals surface area contributed by atoms with E-state index < -0.39 is 27.8 Å². The van der Waals surface area contributed by atoms with Crippen LogP contribution in [0, 0.1) is 6.92 Å². The highest BCUT2D eigenvalue weighted by molar-refractivity contribution is 7.85. The predicted molar refractivity (Wildman–Crippen MR) is 203 cm³/mol. The van der Waals surface area contributed by atoms with Crippen molar-refractivity contribution in [1.82, 2.24) is 15.0 Å². The Morgan fingerprint density at radius 2 is 1.44 bits per heavy atom. The van der Waals surface area contributed by atoms with Crippen molar-refractivity contribution in [2.45, 2.75) is 32.6 Å². The van der Waals surface area contributed by atoms with Gasteiger partial charge in [-0.3, -0.25) is 9.35 Å². The normalized spacial score (nSPS) is 11.6. The molecule has 0 unspecified atom stereocenters. The number of azo groups is 2. The van der Waals surface area contributed by atoms with E-state index in [0.29, 0.717) is 52.0 Å². The molecule has 4 aromatic carbocycles. The number of nitrogens with zero attached hydrogens (tertiary/aromatic N) is 8. The van der Waals surface area contributed by atoms with Crippen molar-refractivity contribution in [1.29, 1.82) is 0 Å². The number of aromatic nitrogens is 3. The lowest BCUT2D eigenvalue weighted by Crippen LogP contribution is -2.24. The zero-order valence-electron chi connectivity index (χ0n) is 30.0. The van der Waals surface area contributed by atoms with E-state index in [-0.39, 0.29) is 43.9 Å². The first kappa shape index (κ1) is 39.7. The standard InChI is InChI=1S/C38H38N8O8S/c1-25-20-28(33(54-18-7-19-55(51,52)53)24-32(25)45-44-31-11-6-8-27(22-31)37(49)50)23-35-39-34(40-38(41-35)46(2)17-16-36(47)48)21-26-12-14-30(15-13-26)43-42-29-9-4-3-5-10-29/h3-6,8-15,20,22,24H,7,16-19,21,23H2,1-2H3,(H,47,48)(H,49,50)(H,51,52,53). The number of aromatic carboxylic acids is 1. The van der Waals surface area contributed by atoms with Crippen LogP contribution in [0.1, 0.15) is 51.5 Å². The molecule has 3 N–H and O–H groups in total. The molecule has 0 radical (unpaired) electrons. The second-order valence-electron chi connectivity index (χ2n) is 12.4. The summed E-state index contributed by atoms with van der Waals surface area (Å²) in [7, 11) is -2.51. The number of carboxylic acid groups (broad SMARTS) is 2. The molecule has 17 heteroatoms. The second kappa shape index (κ2) is 18.5. The highest BCUT2D eigenvalue weighted by Gasteiger charge is 2.17. The molecule has 1 aromatic heterocycles. The van der Waals surface area contributed by atoms with Crippen LogP contribution in [0.4, 0.5) is 28.7 Å². The first-order valence-electron chi connectivity index (χ1n) is 17.0. The van der Waals surface area contributed by atoms with Crippen molar-refractivity contribution in [3.63, 3.8) is 0 Å². The number of aliphatic carboxylic acids is 1. The molecule has 0 amide bonds. The number of rotatable bonds is 18. The van der Waals surface area contributed by atoms with Crippen LogP contribution in [0.3, 0.4) is 0 Å². The number of hydrogen-bond acceptors (Lipinski definition) is 13. The van der Waals surface area contributed by atoms with Crippen molar-refractivity contribution in [3.05, 3.63) is 125 Å². The lowest BCUT2D eigenvalue weighted by molar-refractivity contribution is -0.136.